The van der Waals surface area contributed by atoms with Crippen molar-refractivity contribution in [1.29, 1.82) is 0 Å². The molecule has 3 aromatic heterocycles. The largest absolute Gasteiger partial charge is 0.433 e. The molecule has 190 valence electrons. The molecular formula is C23H25F3N8O2. The highest BCUT2D eigenvalue weighted by Crippen LogP contribution is 2.40. The molecule has 1 atom stereocenters. The summed E-state index contributed by atoms with van der Waals surface area (Å²) >= 11 is 0. The number of rotatable bonds is 7. The highest BCUT2D eigenvalue weighted by Gasteiger charge is 2.40. The topological polar surface area (TPSA) is 112 Å². The van der Waals surface area contributed by atoms with Crippen LogP contribution in [-0.4, -0.2) is 61.5 Å². The number of aliphatic hydroxyl groups is 1. The molecule has 0 saturated heterocycles. The predicted molar refractivity (Wildman–Crippen MR) is 124 cm³/mol. The molecule has 0 fully saturated rings. The maximum absolute atomic E-state index is 12.8. The highest BCUT2D eigenvalue weighted by atomic mass is 19.4. The summed E-state index contributed by atoms with van der Waals surface area (Å²) in [5.74, 6) is 1.03. The van der Waals surface area contributed by atoms with Gasteiger partial charge in [-0.3, -0.25) is 14.5 Å². The van der Waals surface area contributed by atoms with Crippen molar-refractivity contribution in [2.45, 2.75) is 45.1 Å². The number of aliphatic hydroxyl groups excluding tert-OH is 1. The van der Waals surface area contributed by atoms with E-state index < -0.39 is 17.9 Å². The zero-order chi connectivity index (χ0) is 25.4. The van der Waals surface area contributed by atoms with Crippen LogP contribution in [-0.2, 0) is 30.5 Å². The van der Waals surface area contributed by atoms with Crippen LogP contribution in [0, 0.1) is 0 Å². The number of amides is 1. The monoisotopic (exact) mass is 502 g/mol. The molecule has 3 aromatic rings. The Hall–Kier alpha value is -3.74. The van der Waals surface area contributed by atoms with Crippen molar-refractivity contribution in [2.24, 2.45) is 0 Å². The quantitative estimate of drug-likeness (QED) is 0.506. The number of carbonyl (C=O) groups excluding carboxylic acids is 1. The lowest BCUT2D eigenvalue weighted by Gasteiger charge is -2.42. The van der Waals surface area contributed by atoms with Gasteiger partial charge in [-0.25, -0.2) is 4.98 Å². The Morgan fingerprint density at radius 2 is 2.03 bits per heavy atom. The standard InChI is InChI=1S/C23H25F3N8O2/c1-14-21(36)34-6-2-3-17-19(34)20(33(14)7-8-35)31-22(30-17)28-10-16-11-29-32(13-16)12-15-4-5-18(27-9-15)23(24,25)26/h4-5,9,11,13-14,35H,2-3,6-8,10,12H2,1H3,(H,28,30,31)/t14-/m0/s1. The van der Waals surface area contributed by atoms with Crippen LogP contribution in [0.3, 0.4) is 0 Å². The van der Waals surface area contributed by atoms with Gasteiger partial charge in [0.1, 0.15) is 17.4 Å². The summed E-state index contributed by atoms with van der Waals surface area (Å²) in [6, 6.07) is 1.91. The third kappa shape index (κ3) is 4.57. The molecule has 2 N–H and O–H groups in total. The van der Waals surface area contributed by atoms with E-state index in [4.69, 9.17) is 0 Å². The molecule has 0 spiro atoms. The van der Waals surface area contributed by atoms with Gasteiger partial charge in [-0.05, 0) is 31.4 Å². The van der Waals surface area contributed by atoms with Crippen LogP contribution in [0.1, 0.15) is 35.9 Å². The average molecular weight is 503 g/mol. The number of pyridine rings is 1. The lowest BCUT2D eigenvalue weighted by molar-refractivity contribution is -0.141. The summed E-state index contributed by atoms with van der Waals surface area (Å²) in [6.07, 6.45) is 1.71. The van der Waals surface area contributed by atoms with Gasteiger partial charge in [0.25, 0.3) is 0 Å². The number of hydrogen-bond donors (Lipinski definition) is 2. The number of anilines is 3. The average Bonchev–Trinajstić information content (AvgIpc) is 3.30. The molecule has 0 unspecified atom stereocenters. The van der Waals surface area contributed by atoms with Gasteiger partial charge in [0.2, 0.25) is 11.9 Å². The van der Waals surface area contributed by atoms with Crippen molar-refractivity contribution in [3.63, 3.8) is 0 Å². The van der Waals surface area contributed by atoms with Gasteiger partial charge >= 0.3 is 6.18 Å². The van der Waals surface area contributed by atoms with E-state index in [9.17, 15) is 23.1 Å². The van der Waals surface area contributed by atoms with Crippen LogP contribution in [0.5, 0.6) is 0 Å². The molecule has 5 rings (SSSR count). The fraction of sp³-hybridized carbons (Fsp3) is 0.435. The normalized spacial score (nSPS) is 17.4. The van der Waals surface area contributed by atoms with Crippen molar-refractivity contribution in [2.75, 3.05) is 34.8 Å². The Kier molecular flexibility index (Phi) is 6.24. The Morgan fingerprint density at radius 1 is 1.19 bits per heavy atom. The molecule has 0 radical (unpaired) electrons. The third-order valence-electron chi connectivity index (χ3n) is 6.30. The second-order valence-corrected chi connectivity index (χ2v) is 8.80. The third-order valence-corrected chi connectivity index (χ3v) is 6.30. The fourth-order valence-electron chi connectivity index (χ4n) is 4.54. The zero-order valence-electron chi connectivity index (χ0n) is 19.5. The Labute approximate surface area is 204 Å². The van der Waals surface area contributed by atoms with E-state index in [1.54, 1.807) is 22.0 Å². The number of aryl methyl sites for hydroxylation is 1. The first-order valence-electron chi connectivity index (χ1n) is 11.6. The molecule has 0 aliphatic carbocycles. The smallest absolute Gasteiger partial charge is 0.395 e. The number of aromatic nitrogens is 5. The maximum atomic E-state index is 12.8. The summed E-state index contributed by atoms with van der Waals surface area (Å²) in [5.41, 5.74) is 2.02. The molecule has 0 aromatic carbocycles. The molecule has 0 bridgehead atoms. The minimum atomic E-state index is -4.47. The number of β-amino-alcohol motifs (C(OH)–C–C–N with tert-alkyl or cyclic N) is 1. The van der Waals surface area contributed by atoms with Crippen LogP contribution in [0.25, 0.3) is 0 Å². The van der Waals surface area contributed by atoms with E-state index in [-0.39, 0.29) is 25.6 Å². The SMILES string of the molecule is C[C@H]1C(=O)N2CCCc3nc(NCc4cnn(Cc5ccc(C(F)(F)F)nc5)c4)nc(c32)N1CCO. The molecule has 2 aliphatic rings. The van der Waals surface area contributed by atoms with E-state index in [1.807, 2.05) is 11.8 Å². The van der Waals surface area contributed by atoms with Gasteiger partial charge in [0.15, 0.2) is 5.82 Å². The second kappa shape index (κ2) is 9.37. The van der Waals surface area contributed by atoms with Crippen LogP contribution < -0.4 is 15.1 Å². The number of alkyl halides is 3. The number of nitrogens with one attached hydrogen (secondary N) is 1. The van der Waals surface area contributed by atoms with E-state index in [0.717, 1.165) is 35.9 Å². The number of carbonyl (C=O) groups is 1. The fourth-order valence-corrected chi connectivity index (χ4v) is 4.54. The molecule has 2 aliphatic heterocycles. The summed E-state index contributed by atoms with van der Waals surface area (Å²) in [6.45, 7) is 3.27. The van der Waals surface area contributed by atoms with Gasteiger partial charge in [0.05, 0.1) is 25.0 Å². The van der Waals surface area contributed by atoms with Gasteiger partial charge in [-0.2, -0.15) is 23.3 Å². The molecule has 1 amide bonds. The molecule has 0 saturated carbocycles. The van der Waals surface area contributed by atoms with Crippen LogP contribution in [0.15, 0.2) is 30.7 Å². The lowest BCUT2D eigenvalue weighted by atomic mass is 10.0. The first-order valence-corrected chi connectivity index (χ1v) is 11.6. The Balaban J connectivity index is 1.30. The number of halogens is 3. The molecule has 10 nitrogen and oxygen atoms in total. The molecule has 36 heavy (non-hydrogen) atoms. The van der Waals surface area contributed by atoms with E-state index in [0.29, 0.717) is 30.4 Å². The minimum Gasteiger partial charge on any atom is -0.395 e. The number of nitrogens with zero attached hydrogens (tertiary/aromatic N) is 7. The summed E-state index contributed by atoms with van der Waals surface area (Å²) < 4.78 is 39.7. The van der Waals surface area contributed by atoms with Crippen molar-refractivity contribution in [3.8, 4) is 0 Å². The van der Waals surface area contributed by atoms with Crippen molar-refractivity contribution >= 4 is 23.4 Å². The minimum absolute atomic E-state index is 0.0168. The van der Waals surface area contributed by atoms with E-state index in [2.05, 4.69) is 25.4 Å². The lowest BCUT2D eigenvalue weighted by Crippen LogP contribution is -2.55. The summed E-state index contributed by atoms with van der Waals surface area (Å²) in [4.78, 5) is 29.2. The predicted octanol–water partition coefficient (Wildman–Crippen LogP) is 2.23. The van der Waals surface area contributed by atoms with Gasteiger partial charge in [-0.1, -0.05) is 6.07 Å². The number of hydrogen-bond acceptors (Lipinski definition) is 8. The molecule has 13 heteroatoms. The Bertz CT molecular complexity index is 1260. The van der Waals surface area contributed by atoms with Gasteiger partial charge in [-0.15, -0.1) is 0 Å². The first kappa shape index (κ1) is 24.0. The van der Waals surface area contributed by atoms with Gasteiger partial charge < -0.3 is 20.2 Å². The van der Waals surface area contributed by atoms with E-state index in [1.165, 1.54) is 12.3 Å². The van der Waals surface area contributed by atoms with Crippen molar-refractivity contribution < 1.29 is 23.1 Å². The van der Waals surface area contributed by atoms with Crippen molar-refractivity contribution in [1.82, 2.24) is 24.7 Å². The van der Waals surface area contributed by atoms with Crippen LogP contribution in [0.2, 0.25) is 0 Å². The molecular weight excluding hydrogens is 477 g/mol. The van der Waals surface area contributed by atoms with Crippen LogP contribution >= 0.6 is 0 Å². The summed E-state index contributed by atoms with van der Waals surface area (Å²) in [5, 5.41) is 17.0. The van der Waals surface area contributed by atoms with E-state index >= 15 is 0 Å². The first-order chi connectivity index (χ1) is 17.2. The highest BCUT2D eigenvalue weighted by molar-refractivity contribution is 6.05. The Morgan fingerprint density at radius 3 is 2.75 bits per heavy atom. The molecule has 5 heterocycles. The van der Waals surface area contributed by atoms with Gasteiger partial charge in [0, 0.05) is 37.6 Å². The maximum Gasteiger partial charge on any atom is 0.433 e. The summed E-state index contributed by atoms with van der Waals surface area (Å²) in [7, 11) is 0. The second-order valence-electron chi connectivity index (χ2n) is 8.80. The van der Waals surface area contributed by atoms with Crippen LogP contribution in [0.4, 0.5) is 30.6 Å². The zero-order valence-corrected chi connectivity index (χ0v) is 19.5. The van der Waals surface area contributed by atoms with Crippen molar-refractivity contribution in [3.05, 3.63) is 53.2 Å².